The highest BCUT2D eigenvalue weighted by Gasteiger charge is 2.08. The van der Waals surface area contributed by atoms with E-state index < -0.39 is 0 Å². The van der Waals surface area contributed by atoms with Gasteiger partial charge in [0.1, 0.15) is 0 Å². The predicted octanol–water partition coefficient (Wildman–Crippen LogP) is 1.98. The lowest BCUT2D eigenvalue weighted by Gasteiger charge is -2.10. The zero-order chi connectivity index (χ0) is 12.0. The fourth-order valence-electron chi connectivity index (χ4n) is 1.44. The number of hydrogen-bond donors (Lipinski definition) is 2. The van der Waals surface area contributed by atoms with Gasteiger partial charge in [0.25, 0.3) is 0 Å². The molecule has 0 unspecified atom stereocenters. The number of aliphatic imine (C=N–C) groups is 1. The summed E-state index contributed by atoms with van der Waals surface area (Å²) in [5.41, 5.74) is 14.9. The van der Waals surface area contributed by atoms with E-state index in [2.05, 4.69) is 18.5 Å². The Kier molecular flexibility index (Phi) is 4.73. The molecule has 0 radical (unpaired) electrons. The van der Waals surface area contributed by atoms with E-state index in [1.54, 1.807) is 0 Å². The van der Waals surface area contributed by atoms with Crippen molar-refractivity contribution in [2.45, 2.75) is 13.3 Å². The van der Waals surface area contributed by atoms with Crippen LogP contribution in [0.2, 0.25) is 0 Å². The molecule has 0 saturated carbocycles. The summed E-state index contributed by atoms with van der Waals surface area (Å²) >= 11 is 0. The quantitative estimate of drug-likeness (QED) is 0.585. The van der Waals surface area contributed by atoms with Gasteiger partial charge in [-0.2, -0.15) is 0 Å². The normalized spacial score (nSPS) is 11.5. The van der Waals surface area contributed by atoms with Crippen LogP contribution in [0, 0.1) is 0 Å². The van der Waals surface area contributed by atoms with Crippen molar-refractivity contribution in [3.05, 3.63) is 42.0 Å². The number of benzene rings is 1. The average molecular weight is 217 g/mol. The second-order valence-corrected chi connectivity index (χ2v) is 3.56. The smallest absolute Gasteiger partial charge is 0.0693 e. The van der Waals surface area contributed by atoms with Gasteiger partial charge in [-0.15, -0.1) is 0 Å². The van der Waals surface area contributed by atoms with Crippen LogP contribution < -0.4 is 11.5 Å². The molecule has 0 aliphatic carbocycles. The van der Waals surface area contributed by atoms with E-state index in [4.69, 9.17) is 11.5 Å². The lowest BCUT2D eigenvalue weighted by atomic mass is 10.0. The molecule has 0 fully saturated rings. The lowest BCUT2D eigenvalue weighted by molar-refractivity contribution is 0.972. The first-order valence-corrected chi connectivity index (χ1v) is 5.48. The highest BCUT2D eigenvalue weighted by molar-refractivity contribution is 6.15. The first-order chi connectivity index (χ1) is 7.70. The maximum Gasteiger partial charge on any atom is 0.0693 e. The molecule has 1 rings (SSSR count). The van der Waals surface area contributed by atoms with Crippen LogP contribution in [0.3, 0.4) is 0 Å². The van der Waals surface area contributed by atoms with Crippen molar-refractivity contribution in [3.8, 4) is 0 Å². The standard InChI is InChI=1S/C13H19N3/c1-3-10(2)13(16-9-8-14)11-6-4-5-7-12(11)15/h4-7H,2-3,8-9,14-15H2,1H3. The van der Waals surface area contributed by atoms with Gasteiger partial charge in [0.15, 0.2) is 0 Å². The van der Waals surface area contributed by atoms with E-state index in [1.165, 1.54) is 0 Å². The molecule has 0 amide bonds. The van der Waals surface area contributed by atoms with Crippen molar-refractivity contribution in [2.75, 3.05) is 18.8 Å². The maximum absolute atomic E-state index is 5.93. The number of allylic oxidation sites excluding steroid dienone is 1. The molecule has 4 N–H and O–H groups in total. The summed E-state index contributed by atoms with van der Waals surface area (Å²) in [7, 11) is 0. The summed E-state index contributed by atoms with van der Waals surface area (Å²) in [6.45, 7) is 7.21. The van der Waals surface area contributed by atoms with Crippen LogP contribution in [0.1, 0.15) is 18.9 Å². The van der Waals surface area contributed by atoms with E-state index in [9.17, 15) is 0 Å². The van der Waals surface area contributed by atoms with Crippen LogP contribution in [-0.2, 0) is 0 Å². The van der Waals surface area contributed by atoms with Crippen molar-refractivity contribution >= 4 is 11.4 Å². The van der Waals surface area contributed by atoms with Crippen LogP contribution in [0.4, 0.5) is 5.69 Å². The number of hydrogen-bond acceptors (Lipinski definition) is 3. The van der Waals surface area contributed by atoms with Crippen molar-refractivity contribution in [2.24, 2.45) is 10.7 Å². The summed E-state index contributed by atoms with van der Waals surface area (Å²) in [5, 5.41) is 0. The topological polar surface area (TPSA) is 64.4 Å². The summed E-state index contributed by atoms with van der Waals surface area (Å²) in [4.78, 5) is 4.46. The SMILES string of the molecule is C=C(CC)C(=NCCN)c1ccccc1N. The van der Waals surface area contributed by atoms with Gasteiger partial charge in [0, 0.05) is 17.8 Å². The monoisotopic (exact) mass is 217 g/mol. The molecule has 0 spiro atoms. The summed E-state index contributed by atoms with van der Waals surface area (Å²) in [5.74, 6) is 0. The Bertz CT molecular complexity index is 394. The minimum atomic E-state index is 0.535. The summed E-state index contributed by atoms with van der Waals surface area (Å²) < 4.78 is 0. The van der Waals surface area contributed by atoms with Crippen molar-refractivity contribution < 1.29 is 0 Å². The second kappa shape index (κ2) is 6.08. The van der Waals surface area contributed by atoms with Gasteiger partial charge in [-0.05, 0) is 18.1 Å². The van der Waals surface area contributed by atoms with Crippen LogP contribution >= 0.6 is 0 Å². The van der Waals surface area contributed by atoms with Crippen molar-refractivity contribution in [3.63, 3.8) is 0 Å². The minimum Gasteiger partial charge on any atom is -0.398 e. The zero-order valence-corrected chi connectivity index (χ0v) is 9.74. The third kappa shape index (κ3) is 2.94. The minimum absolute atomic E-state index is 0.535. The molecule has 1 aromatic carbocycles. The molecule has 0 bridgehead atoms. The maximum atomic E-state index is 5.93. The fraction of sp³-hybridized carbons (Fsp3) is 0.308. The van der Waals surface area contributed by atoms with Crippen molar-refractivity contribution in [1.82, 2.24) is 0 Å². The van der Waals surface area contributed by atoms with Gasteiger partial charge in [0.2, 0.25) is 0 Å². The van der Waals surface area contributed by atoms with E-state index in [0.29, 0.717) is 13.1 Å². The van der Waals surface area contributed by atoms with E-state index in [-0.39, 0.29) is 0 Å². The fourth-order valence-corrected chi connectivity index (χ4v) is 1.44. The number of nitrogens with two attached hydrogens (primary N) is 2. The highest BCUT2D eigenvalue weighted by Crippen LogP contribution is 2.17. The van der Waals surface area contributed by atoms with Crippen LogP contribution in [0.5, 0.6) is 0 Å². The van der Waals surface area contributed by atoms with E-state index >= 15 is 0 Å². The third-order valence-corrected chi connectivity index (χ3v) is 2.38. The molecule has 3 heteroatoms. The molecule has 0 heterocycles. The van der Waals surface area contributed by atoms with E-state index in [0.717, 1.165) is 29.0 Å². The van der Waals surface area contributed by atoms with Crippen molar-refractivity contribution in [1.29, 1.82) is 0 Å². The number of para-hydroxylation sites is 1. The zero-order valence-electron chi connectivity index (χ0n) is 9.74. The van der Waals surface area contributed by atoms with Gasteiger partial charge < -0.3 is 11.5 Å². The molecule has 0 aliphatic rings. The number of nitrogens with zero attached hydrogens (tertiary/aromatic N) is 1. The van der Waals surface area contributed by atoms with Gasteiger partial charge in [0.05, 0.1) is 12.3 Å². The molecule has 1 aromatic rings. The van der Waals surface area contributed by atoms with Gasteiger partial charge in [-0.1, -0.05) is 31.7 Å². The van der Waals surface area contributed by atoms with Crippen LogP contribution in [0.15, 0.2) is 41.4 Å². The lowest BCUT2D eigenvalue weighted by Crippen LogP contribution is -2.11. The Morgan fingerprint density at radius 1 is 1.38 bits per heavy atom. The number of anilines is 1. The molecule has 0 atom stereocenters. The Morgan fingerprint density at radius 2 is 2.06 bits per heavy atom. The highest BCUT2D eigenvalue weighted by atomic mass is 14.8. The summed E-state index contributed by atoms with van der Waals surface area (Å²) in [6, 6.07) is 7.70. The van der Waals surface area contributed by atoms with Crippen LogP contribution in [-0.4, -0.2) is 18.8 Å². The molecule has 16 heavy (non-hydrogen) atoms. The molecule has 0 aromatic heterocycles. The Morgan fingerprint density at radius 3 is 2.62 bits per heavy atom. The molecule has 0 saturated heterocycles. The first kappa shape index (κ1) is 12.5. The largest absolute Gasteiger partial charge is 0.398 e. The third-order valence-electron chi connectivity index (χ3n) is 2.38. The number of nitrogen functional groups attached to an aromatic ring is 1. The second-order valence-electron chi connectivity index (χ2n) is 3.56. The molecule has 86 valence electrons. The van der Waals surface area contributed by atoms with Crippen LogP contribution in [0.25, 0.3) is 0 Å². The molecule has 0 aliphatic heterocycles. The molecule has 3 nitrogen and oxygen atoms in total. The number of rotatable bonds is 5. The summed E-state index contributed by atoms with van der Waals surface area (Å²) in [6.07, 6.45) is 0.859. The van der Waals surface area contributed by atoms with Gasteiger partial charge in [-0.25, -0.2) is 0 Å². The Labute approximate surface area is 96.9 Å². The van der Waals surface area contributed by atoms with Gasteiger partial charge in [-0.3, -0.25) is 4.99 Å². The predicted molar refractivity (Wildman–Crippen MR) is 70.7 cm³/mol. The van der Waals surface area contributed by atoms with E-state index in [1.807, 2.05) is 24.3 Å². The first-order valence-electron chi connectivity index (χ1n) is 5.48. The Hall–Kier alpha value is -1.61. The average Bonchev–Trinajstić information content (AvgIpc) is 2.31. The molecular formula is C13H19N3. The molecular weight excluding hydrogens is 198 g/mol. The Balaban J connectivity index is 3.11. The van der Waals surface area contributed by atoms with Gasteiger partial charge >= 0.3 is 0 Å².